The van der Waals surface area contributed by atoms with Gasteiger partial charge in [-0.25, -0.2) is 0 Å². The third-order valence-electron chi connectivity index (χ3n) is 2.83. The van der Waals surface area contributed by atoms with Crippen molar-refractivity contribution in [3.05, 3.63) is 35.9 Å². The maximum Gasteiger partial charge on any atom is 0.308 e. The van der Waals surface area contributed by atoms with Crippen molar-refractivity contribution in [2.75, 3.05) is 0 Å². The van der Waals surface area contributed by atoms with Gasteiger partial charge in [0, 0.05) is 12.6 Å². The van der Waals surface area contributed by atoms with Gasteiger partial charge in [0.05, 0.1) is 5.92 Å². The average Bonchev–Trinajstić information content (AvgIpc) is 2.28. The van der Waals surface area contributed by atoms with E-state index in [1.54, 1.807) is 0 Å². The fraction of sp³-hybridized carbons (Fsp3) is 0.462. The van der Waals surface area contributed by atoms with E-state index in [9.17, 15) is 4.79 Å². The van der Waals surface area contributed by atoms with Crippen LogP contribution in [0.5, 0.6) is 0 Å². The summed E-state index contributed by atoms with van der Waals surface area (Å²) in [5.74, 6) is -1.04. The number of nitrogens with one attached hydrogen (secondary N) is 1. The summed E-state index contributed by atoms with van der Waals surface area (Å²) in [5, 5.41) is 12.3. The van der Waals surface area contributed by atoms with Crippen molar-refractivity contribution in [1.82, 2.24) is 5.32 Å². The minimum absolute atomic E-state index is 0.0114. The summed E-state index contributed by atoms with van der Waals surface area (Å²) in [6.07, 6.45) is 0.651. The molecule has 88 valence electrons. The van der Waals surface area contributed by atoms with Crippen LogP contribution in [0.3, 0.4) is 0 Å². The molecule has 2 unspecified atom stereocenters. The van der Waals surface area contributed by atoms with Crippen LogP contribution in [-0.4, -0.2) is 17.1 Å². The molecule has 1 aromatic carbocycles. The second-order valence-corrected chi connectivity index (χ2v) is 4.01. The molecule has 0 spiro atoms. The predicted molar refractivity (Wildman–Crippen MR) is 64.2 cm³/mol. The van der Waals surface area contributed by atoms with Gasteiger partial charge in [-0.1, -0.05) is 37.3 Å². The first-order valence-electron chi connectivity index (χ1n) is 5.65. The Bertz CT molecular complexity index is 324. The summed E-state index contributed by atoms with van der Waals surface area (Å²) in [7, 11) is 0. The van der Waals surface area contributed by atoms with E-state index in [-0.39, 0.29) is 12.0 Å². The Kier molecular flexibility index (Phi) is 4.99. The van der Waals surface area contributed by atoms with Crippen LogP contribution in [0, 0.1) is 5.92 Å². The van der Waals surface area contributed by atoms with Crippen molar-refractivity contribution in [1.29, 1.82) is 0 Å². The van der Waals surface area contributed by atoms with Gasteiger partial charge in [-0.3, -0.25) is 4.79 Å². The zero-order valence-electron chi connectivity index (χ0n) is 9.81. The summed E-state index contributed by atoms with van der Waals surface area (Å²) >= 11 is 0. The van der Waals surface area contributed by atoms with Crippen LogP contribution in [-0.2, 0) is 11.3 Å². The van der Waals surface area contributed by atoms with E-state index in [0.717, 1.165) is 0 Å². The summed E-state index contributed by atoms with van der Waals surface area (Å²) in [4.78, 5) is 10.9. The number of hydrogen-bond donors (Lipinski definition) is 2. The number of rotatable bonds is 6. The molecule has 0 aromatic heterocycles. The molecule has 1 aromatic rings. The average molecular weight is 221 g/mol. The van der Waals surface area contributed by atoms with Gasteiger partial charge < -0.3 is 10.4 Å². The molecule has 0 bridgehead atoms. The SMILES string of the molecule is CCC(C(=O)O)C(C)NCc1ccccc1. The Hall–Kier alpha value is -1.35. The summed E-state index contributed by atoms with van der Waals surface area (Å²) in [6, 6.07) is 9.98. The van der Waals surface area contributed by atoms with Crippen LogP contribution in [0.1, 0.15) is 25.8 Å². The van der Waals surface area contributed by atoms with Crippen LogP contribution in [0.25, 0.3) is 0 Å². The first-order chi connectivity index (χ1) is 7.65. The van der Waals surface area contributed by atoms with Crippen LogP contribution >= 0.6 is 0 Å². The number of carboxylic acids is 1. The molecule has 0 saturated carbocycles. The van der Waals surface area contributed by atoms with Gasteiger partial charge >= 0.3 is 5.97 Å². The van der Waals surface area contributed by atoms with E-state index >= 15 is 0 Å². The largest absolute Gasteiger partial charge is 0.481 e. The van der Waals surface area contributed by atoms with Gasteiger partial charge in [-0.15, -0.1) is 0 Å². The lowest BCUT2D eigenvalue weighted by atomic mass is 9.98. The maximum absolute atomic E-state index is 10.9. The highest BCUT2D eigenvalue weighted by Crippen LogP contribution is 2.09. The summed E-state index contributed by atoms with van der Waals surface area (Å²) in [6.45, 7) is 4.54. The Morgan fingerprint density at radius 3 is 2.50 bits per heavy atom. The maximum atomic E-state index is 10.9. The summed E-state index contributed by atoms with van der Waals surface area (Å²) in [5.41, 5.74) is 1.18. The van der Waals surface area contributed by atoms with Gasteiger partial charge in [0.25, 0.3) is 0 Å². The standard InChI is InChI=1S/C13H19NO2/c1-3-12(13(15)16)10(2)14-9-11-7-5-4-6-8-11/h4-8,10,12,14H,3,9H2,1-2H3,(H,15,16). The Morgan fingerprint density at radius 2 is 2.00 bits per heavy atom. The molecule has 2 N–H and O–H groups in total. The molecule has 1 rings (SSSR count). The molecular formula is C13H19NO2. The van der Waals surface area contributed by atoms with Gasteiger partial charge in [0.2, 0.25) is 0 Å². The van der Waals surface area contributed by atoms with E-state index in [0.29, 0.717) is 13.0 Å². The number of carbonyl (C=O) groups is 1. The first kappa shape index (κ1) is 12.7. The molecule has 3 heteroatoms. The second-order valence-electron chi connectivity index (χ2n) is 4.01. The third-order valence-corrected chi connectivity index (χ3v) is 2.83. The minimum atomic E-state index is -0.726. The number of hydrogen-bond acceptors (Lipinski definition) is 2. The zero-order chi connectivity index (χ0) is 12.0. The quantitative estimate of drug-likeness (QED) is 0.774. The molecule has 0 aliphatic rings. The minimum Gasteiger partial charge on any atom is -0.481 e. The monoisotopic (exact) mass is 221 g/mol. The van der Waals surface area contributed by atoms with Crippen molar-refractivity contribution in [3.63, 3.8) is 0 Å². The Labute approximate surface area is 96.5 Å². The Balaban J connectivity index is 2.46. The predicted octanol–water partition coefficient (Wildman–Crippen LogP) is 2.28. The summed E-state index contributed by atoms with van der Waals surface area (Å²) < 4.78 is 0. The number of carboxylic acid groups (broad SMARTS) is 1. The van der Waals surface area contributed by atoms with Crippen molar-refractivity contribution in [2.24, 2.45) is 5.92 Å². The van der Waals surface area contributed by atoms with E-state index in [1.807, 2.05) is 44.2 Å². The van der Waals surface area contributed by atoms with Gasteiger partial charge in [-0.05, 0) is 18.9 Å². The molecule has 3 nitrogen and oxygen atoms in total. The van der Waals surface area contributed by atoms with Gasteiger partial charge in [0.15, 0.2) is 0 Å². The lowest BCUT2D eigenvalue weighted by molar-refractivity contribution is -0.142. The van der Waals surface area contributed by atoms with Crippen molar-refractivity contribution >= 4 is 5.97 Å². The lowest BCUT2D eigenvalue weighted by Gasteiger charge is -2.20. The molecule has 0 aliphatic heterocycles. The van der Waals surface area contributed by atoms with Crippen molar-refractivity contribution < 1.29 is 9.90 Å². The lowest BCUT2D eigenvalue weighted by Crippen LogP contribution is -2.37. The molecule has 2 atom stereocenters. The molecule has 0 amide bonds. The normalized spacial score (nSPS) is 14.4. The van der Waals surface area contributed by atoms with Crippen LogP contribution in [0.2, 0.25) is 0 Å². The highest BCUT2D eigenvalue weighted by atomic mass is 16.4. The number of benzene rings is 1. The smallest absolute Gasteiger partial charge is 0.308 e. The molecule has 0 aliphatic carbocycles. The van der Waals surface area contributed by atoms with Gasteiger partial charge in [-0.2, -0.15) is 0 Å². The highest BCUT2D eigenvalue weighted by Gasteiger charge is 2.21. The molecule has 0 heterocycles. The van der Waals surface area contributed by atoms with E-state index in [1.165, 1.54) is 5.56 Å². The molecule has 0 fully saturated rings. The van der Waals surface area contributed by atoms with E-state index in [2.05, 4.69) is 5.32 Å². The van der Waals surface area contributed by atoms with Gasteiger partial charge in [0.1, 0.15) is 0 Å². The van der Waals surface area contributed by atoms with E-state index < -0.39 is 5.97 Å². The molecule has 16 heavy (non-hydrogen) atoms. The van der Waals surface area contributed by atoms with Crippen LogP contribution < -0.4 is 5.32 Å². The third kappa shape index (κ3) is 3.66. The van der Waals surface area contributed by atoms with Crippen LogP contribution in [0.4, 0.5) is 0 Å². The van der Waals surface area contributed by atoms with E-state index in [4.69, 9.17) is 5.11 Å². The number of aliphatic carboxylic acids is 1. The second kappa shape index (κ2) is 6.28. The van der Waals surface area contributed by atoms with Crippen LogP contribution in [0.15, 0.2) is 30.3 Å². The molecule has 0 radical (unpaired) electrons. The van der Waals surface area contributed by atoms with Crippen molar-refractivity contribution in [2.45, 2.75) is 32.9 Å². The topological polar surface area (TPSA) is 49.3 Å². The molecular weight excluding hydrogens is 202 g/mol. The fourth-order valence-corrected chi connectivity index (χ4v) is 1.76. The highest BCUT2D eigenvalue weighted by molar-refractivity contribution is 5.70. The molecule has 0 saturated heterocycles. The zero-order valence-corrected chi connectivity index (χ0v) is 9.81. The first-order valence-corrected chi connectivity index (χ1v) is 5.65. The fourth-order valence-electron chi connectivity index (χ4n) is 1.76. The Morgan fingerprint density at radius 1 is 1.38 bits per heavy atom. The van der Waals surface area contributed by atoms with Crippen molar-refractivity contribution in [3.8, 4) is 0 Å².